The van der Waals surface area contributed by atoms with Crippen molar-refractivity contribution in [3.8, 4) is 0 Å². The highest BCUT2D eigenvalue weighted by Crippen LogP contribution is 2.10. The van der Waals surface area contributed by atoms with Gasteiger partial charge in [0.2, 0.25) is 5.91 Å². The summed E-state index contributed by atoms with van der Waals surface area (Å²) in [5.41, 5.74) is 0. The van der Waals surface area contributed by atoms with E-state index in [0.717, 1.165) is 26.2 Å². The lowest BCUT2D eigenvalue weighted by Gasteiger charge is -2.14. The summed E-state index contributed by atoms with van der Waals surface area (Å²) in [4.78, 5) is 11.4. The number of carbonyl (C=O) groups excluding carboxylic acids is 1. The Labute approximate surface area is 96.9 Å². The molecule has 2 atom stereocenters. The standard InChI is InChI=1S/C11H22N2O3/c1-9(7-15-2)13-11(14)6-12-5-10-3-4-16-8-10/h9-10,12H,3-8H2,1-2H3,(H,13,14). The van der Waals surface area contributed by atoms with E-state index in [2.05, 4.69) is 10.6 Å². The molecule has 1 amide bonds. The van der Waals surface area contributed by atoms with Crippen LogP contribution in [0.5, 0.6) is 0 Å². The first-order chi connectivity index (χ1) is 7.72. The predicted molar refractivity (Wildman–Crippen MR) is 61.3 cm³/mol. The largest absolute Gasteiger partial charge is 0.383 e. The summed E-state index contributed by atoms with van der Waals surface area (Å²) in [6, 6.07) is 0.0640. The van der Waals surface area contributed by atoms with Gasteiger partial charge in [0.25, 0.3) is 0 Å². The normalized spacial score (nSPS) is 22.0. The smallest absolute Gasteiger partial charge is 0.234 e. The lowest BCUT2D eigenvalue weighted by Crippen LogP contribution is -2.41. The summed E-state index contributed by atoms with van der Waals surface area (Å²) in [6.07, 6.45) is 1.09. The summed E-state index contributed by atoms with van der Waals surface area (Å²) in [6.45, 7) is 5.35. The zero-order valence-corrected chi connectivity index (χ0v) is 10.1. The van der Waals surface area contributed by atoms with Crippen LogP contribution in [-0.2, 0) is 14.3 Å². The molecular formula is C11H22N2O3. The second-order valence-corrected chi connectivity index (χ2v) is 4.28. The van der Waals surface area contributed by atoms with E-state index in [4.69, 9.17) is 9.47 Å². The van der Waals surface area contributed by atoms with Gasteiger partial charge >= 0.3 is 0 Å². The van der Waals surface area contributed by atoms with Gasteiger partial charge in [-0.3, -0.25) is 4.79 Å². The summed E-state index contributed by atoms with van der Waals surface area (Å²) < 4.78 is 10.2. The molecule has 16 heavy (non-hydrogen) atoms. The van der Waals surface area contributed by atoms with Gasteiger partial charge < -0.3 is 20.1 Å². The molecule has 1 heterocycles. The summed E-state index contributed by atoms with van der Waals surface area (Å²) in [5, 5.41) is 5.99. The van der Waals surface area contributed by atoms with E-state index >= 15 is 0 Å². The highest BCUT2D eigenvalue weighted by Gasteiger charge is 2.15. The number of ether oxygens (including phenoxy) is 2. The maximum Gasteiger partial charge on any atom is 0.234 e. The second-order valence-electron chi connectivity index (χ2n) is 4.28. The number of hydrogen-bond donors (Lipinski definition) is 2. The van der Waals surface area contributed by atoms with Crippen LogP contribution >= 0.6 is 0 Å². The number of rotatable bonds is 7. The Bertz CT molecular complexity index is 205. The SMILES string of the molecule is COCC(C)NC(=O)CNCC1CCOC1. The molecule has 94 valence electrons. The number of nitrogens with one attached hydrogen (secondary N) is 2. The van der Waals surface area contributed by atoms with Gasteiger partial charge in [-0.05, 0) is 19.3 Å². The number of hydrogen-bond acceptors (Lipinski definition) is 4. The van der Waals surface area contributed by atoms with Crippen LogP contribution in [0.25, 0.3) is 0 Å². The summed E-state index contributed by atoms with van der Waals surface area (Å²) in [7, 11) is 1.63. The van der Waals surface area contributed by atoms with Crippen molar-refractivity contribution in [1.82, 2.24) is 10.6 Å². The molecule has 5 heteroatoms. The fraction of sp³-hybridized carbons (Fsp3) is 0.909. The van der Waals surface area contributed by atoms with Crippen LogP contribution in [0.15, 0.2) is 0 Å². The molecule has 1 aliphatic heterocycles. The van der Waals surface area contributed by atoms with E-state index in [1.807, 2.05) is 6.92 Å². The monoisotopic (exact) mass is 230 g/mol. The predicted octanol–water partition coefficient (Wildman–Crippen LogP) is -0.236. The Balaban J connectivity index is 2.01. The average Bonchev–Trinajstić information content (AvgIpc) is 2.70. The molecule has 5 nitrogen and oxygen atoms in total. The minimum absolute atomic E-state index is 0.0171. The van der Waals surface area contributed by atoms with E-state index in [-0.39, 0.29) is 11.9 Å². The van der Waals surface area contributed by atoms with E-state index in [9.17, 15) is 4.79 Å². The lowest BCUT2D eigenvalue weighted by molar-refractivity contribution is -0.121. The Morgan fingerprint density at radius 2 is 2.44 bits per heavy atom. The van der Waals surface area contributed by atoms with Gasteiger partial charge in [-0.15, -0.1) is 0 Å². The number of carbonyl (C=O) groups is 1. The van der Waals surface area contributed by atoms with E-state index in [1.165, 1.54) is 0 Å². The van der Waals surface area contributed by atoms with Crippen molar-refractivity contribution in [3.63, 3.8) is 0 Å². The van der Waals surface area contributed by atoms with Gasteiger partial charge in [0.05, 0.1) is 19.8 Å². The van der Waals surface area contributed by atoms with E-state index in [0.29, 0.717) is 19.1 Å². The molecule has 0 spiro atoms. The molecule has 1 saturated heterocycles. The molecule has 0 saturated carbocycles. The fourth-order valence-electron chi connectivity index (χ4n) is 1.75. The number of amides is 1. The third-order valence-corrected chi connectivity index (χ3v) is 2.57. The van der Waals surface area contributed by atoms with Crippen LogP contribution in [0.2, 0.25) is 0 Å². The molecule has 2 unspecified atom stereocenters. The molecule has 0 radical (unpaired) electrons. The van der Waals surface area contributed by atoms with Crippen molar-refractivity contribution in [3.05, 3.63) is 0 Å². The highest BCUT2D eigenvalue weighted by atomic mass is 16.5. The van der Waals surface area contributed by atoms with Crippen LogP contribution in [0, 0.1) is 5.92 Å². The Kier molecular flexibility index (Phi) is 6.37. The molecule has 0 aromatic carbocycles. The van der Waals surface area contributed by atoms with Gasteiger partial charge in [-0.25, -0.2) is 0 Å². The summed E-state index contributed by atoms with van der Waals surface area (Å²) >= 11 is 0. The first-order valence-electron chi connectivity index (χ1n) is 5.79. The molecular weight excluding hydrogens is 208 g/mol. The average molecular weight is 230 g/mol. The minimum atomic E-state index is 0.0171. The molecule has 0 aliphatic carbocycles. The van der Waals surface area contributed by atoms with Crippen molar-refractivity contribution in [2.75, 3.05) is 40.0 Å². The minimum Gasteiger partial charge on any atom is -0.383 e. The van der Waals surface area contributed by atoms with Gasteiger partial charge in [-0.1, -0.05) is 0 Å². The second kappa shape index (κ2) is 7.60. The third-order valence-electron chi connectivity index (χ3n) is 2.57. The lowest BCUT2D eigenvalue weighted by atomic mass is 10.1. The van der Waals surface area contributed by atoms with Gasteiger partial charge in [0, 0.05) is 26.3 Å². The molecule has 0 aromatic heterocycles. The van der Waals surface area contributed by atoms with Crippen molar-refractivity contribution in [2.45, 2.75) is 19.4 Å². The van der Waals surface area contributed by atoms with Crippen LogP contribution in [-0.4, -0.2) is 52.0 Å². The van der Waals surface area contributed by atoms with E-state index < -0.39 is 0 Å². The van der Waals surface area contributed by atoms with Gasteiger partial charge in [-0.2, -0.15) is 0 Å². The van der Waals surface area contributed by atoms with Gasteiger partial charge in [0.1, 0.15) is 0 Å². The topological polar surface area (TPSA) is 59.6 Å². The zero-order valence-electron chi connectivity index (χ0n) is 10.1. The highest BCUT2D eigenvalue weighted by molar-refractivity contribution is 5.78. The first-order valence-corrected chi connectivity index (χ1v) is 5.79. The van der Waals surface area contributed by atoms with Gasteiger partial charge in [0.15, 0.2) is 0 Å². The zero-order chi connectivity index (χ0) is 11.8. The first kappa shape index (κ1) is 13.4. The van der Waals surface area contributed by atoms with Crippen LogP contribution in [0.4, 0.5) is 0 Å². The molecule has 1 fully saturated rings. The maximum atomic E-state index is 11.4. The Morgan fingerprint density at radius 3 is 3.06 bits per heavy atom. The van der Waals surface area contributed by atoms with Crippen molar-refractivity contribution in [2.24, 2.45) is 5.92 Å². The molecule has 1 rings (SSSR count). The third kappa shape index (κ3) is 5.44. The number of methoxy groups -OCH3 is 1. The summed E-state index contributed by atoms with van der Waals surface area (Å²) in [5.74, 6) is 0.577. The van der Waals surface area contributed by atoms with Crippen LogP contribution < -0.4 is 10.6 Å². The fourth-order valence-corrected chi connectivity index (χ4v) is 1.75. The molecule has 1 aliphatic rings. The molecule has 0 aromatic rings. The van der Waals surface area contributed by atoms with Crippen LogP contribution in [0.3, 0.4) is 0 Å². The Hall–Kier alpha value is -0.650. The molecule has 2 N–H and O–H groups in total. The van der Waals surface area contributed by atoms with Crippen molar-refractivity contribution in [1.29, 1.82) is 0 Å². The van der Waals surface area contributed by atoms with Crippen LogP contribution in [0.1, 0.15) is 13.3 Å². The van der Waals surface area contributed by atoms with Crippen molar-refractivity contribution < 1.29 is 14.3 Å². The maximum absolute atomic E-state index is 11.4. The molecule has 0 bridgehead atoms. The van der Waals surface area contributed by atoms with E-state index in [1.54, 1.807) is 7.11 Å². The Morgan fingerprint density at radius 1 is 1.62 bits per heavy atom. The quantitative estimate of drug-likeness (QED) is 0.634. The van der Waals surface area contributed by atoms with Crippen molar-refractivity contribution >= 4 is 5.91 Å².